The van der Waals surface area contributed by atoms with Crippen LogP contribution in [0.5, 0.6) is 5.75 Å². The number of aromatic carboxylic acids is 1. The van der Waals surface area contributed by atoms with Crippen molar-refractivity contribution in [2.24, 2.45) is 0 Å². The van der Waals surface area contributed by atoms with Gasteiger partial charge < -0.3 is 9.84 Å². The van der Waals surface area contributed by atoms with Crippen molar-refractivity contribution < 1.29 is 19.0 Å². The van der Waals surface area contributed by atoms with Gasteiger partial charge in [-0.05, 0) is 48.4 Å². The Kier molecular flexibility index (Phi) is 3.75. The smallest absolute Gasteiger partial charge is 0.354 e. The number of aromatic nitrogens is 1. The van der Waals surface area contributed by atoms with Crippen molar-refractivity contribution >= 4 is 5.97 Å². The summed E-state index contributed by atoms with van der Waals surface area (Å²) in [6.07, 6.45) is 1.42. The van der Waals surface area contributed by atoms with Gasteiger partial charge in [0, 0.05) is 6.20 Å². The Morgan fingerprint density at radius 2 is 2.16 bits per heavy atom. The van der Waals surface area contributed by atoms with Crippen LogP contribution < -0.4 is 4.74 Å². The number of rotatable bonds is 4. The van der Waals surface area contributed by atoms with Gasteiger partial charge in [0.05, 0.1) is 0 Å². The Morgan fingerprint density at radius 1 is 1.37 bits per heavy atom. The van der Waals surface area contributed by atoms with Crippen molar-refractivity contribution in [2.45, 2.75) is 13.5 Å². The SMILES string of the molecule is Cc1cc(F)ccc1OCc1ccnc(C(=O)O)c1. The number of pyridine rings is 1. The molecule has 0 spiro atoms. The van der Waals surface area contributed by atoms with Crippen molar-refractivity contribution in [3.63, 3.8) is 0 Å². The number of aryl methyl sites for hydroxylation is 1. The highest BCUT2D eigenvalue weighted by molar-refractivity contribution is 5.85. The minimum atomic E-state index is -1.08. The van der Waals surface area contributed by atoms with E-state index < -0.39 is 5.97 Å². The Hall–Kier alpha value is -2.43. The average molecular weight is 261 g/mol. The molecule has 0 amide bonds. The van der Waals surface area contributed by atoms with Crippen molar-refractivity contribution in [3.05, 3.63) is 59.2 Å². The van der Waals surface area contributed by atoms with Crippen LogP contribution in [0.25, 0.3) is 0 Å². The summed E-state index contributed by atoms with van der Waals surface area (Å²) < 4.78 is 18.4. The fourth-order valence-corrected chi connectivity index (χ4v) is 1.62. The molecular formula is C14H12FNO3. The molecule has 2 rings (SSSR count). The van der Waals surface area contributed by atoms with Gasteiger partial charge in [-0.3, -0.25) is 0 Å². The molecule has 0 bridgehead atoms. The number of nitrogens with zero attached hydrogens (tertiary/aromatic N) is 1. The van der Waals surface area contributed by atoms with Crippen LogP contribution in [-0.4, -0.2) is 16.1 Å². The minimum Gasteiger partial charge on any atom is -0.489 e. The second kappa shape index (κ2) is 5.48. The number of hydrogen-bond acceptors (Lipinski definition) is 3. The zero-order valence-electron chi connectivity index (χ0n) is 10.3. The van der Waals surface area contributed by atoms with Gasteiger partial charge >= 0.3 is 5.97 Å². The quantitative estimate of drug-likeness (QED) is 0.919. The third-order valence-corrected chi connectivity index (χ3v) is 2.57. The summed E-state index contributed by atoms with van der Waals surface area (Å²) in [4.78, 5) is 14.5. The molecule has 1 heterocycles. The number of hydrogen-bond donors (Lipinski definition) is 1. The summed E-state index contributed by atoms with van der Waals surface area (Å²) in [6, 6.07) is 7.36. The van der Waals surface area contributed by atoms with E-state index in [1.165, 1.54) is 24.4 Å². The Morgan fingerprint density at radius 3 is 2.84 bits per heavy atom. The largest absolute Gasteiger partial charge is 0.489 e. The lowest BCUT2D eigenvalue weighted by atomic mass is 10.2. The lowest BCUT2D eigenvalue weighted by Crippen LogP contribution is -2.03. The molecule has 0 fully saturated rings. The zero-order valence-corrected chi connectivity index (χ0v) is 10.3. The van der Waals surface area contributed by atoms with E-state index >= 15 is 0 Å². The van der Waals surface area contributed by atoms with E-state index in [-0.39, 0.29) is 18.1 Å². The van der Waals surface area contributed by atoms with Crippen LogP contribution in [0, 0.1) is 12.7 Å². The molecule has 0 atom stereocenters. The summed E-state index contributed by atoms with van der Waals surface area (Å²) in [7, 11) is 0. The predicted octanol–water partition coefficient (Wildman–Crippen LogP) is 2.81. The van der Waals surface area contributed by atoms with Gasteiger partial charge in [0.2, 0.25) is 0 Å². The molecule has 0 saturated carbocycles. The maximum absolute atomic E-state index is 12.9. The highest BCUT2D eigenvalue weighted by atomic mass is 19.1. The molecule has 5 heteroatoms. The Labute approximate surface area is 109 Å². The standard InChI is InChI=1S/C14H12FNO3/c1-9-6-11(15)2-3-13(9)19-8-10-4-5-16-12(7-10)14(17)18/h2-7H,8H2,1H3,(H,17,18). The van der Waals surface area contributed by atoms with E-state index in [1.54, 1.807) is 19.1 Å². The van der Waals surface area contributed by atoms with Crippen LogP contribution in [0.4, 0.5) is 4.39 Å². The molecule has 19 heavy (non-hydrogen) atoms. The van der Waals surface area contributed by atoms with Gasteiger partial charge in [0.15, 0.2) is 0 Å². The second-order valence-corrected chi connectivity index (χ2v) is 4.05. The molecule has 1 N–H and O–H groups in total. The molecule has 1 aromatic carbocycles. The van der Waals surface area contributed by atoms with E-state index in [1.807, 2.05) is 0 Å². The van der Waals surface area contributed by atoms with Crippen LogP contribution in [0.3, 0.4) is 0 Å². The summed E-state index contributed by atoms with van der Waals surface area (Å²) in [5, 5.41) is 8.82. The molecule has 0 aliphatic rings. The molecule has 2 aromatic rings. The number of halogens is 1. The number of benzene rings is 1. The van der Waals surface area contributed by atoms with Crippen molar-refractivity contribution in [3.8, 4) is 5.75 Å². The molecule has 98 valence electrons. The van der Waals surface area contributed by atoms with E-state index in [9.17, 15) is 9.18 Å². The van der Waals surface area contributed by atoms with Crippen LogP contribution in [0.2, 0.25) is 0 Å². The topological polar surface area (TPSA) is 59.4 Å². The molecule has 1 aromatic heterocycles. The second-order valence-electron chi connectivity index (χ2n) is 4.05. The molecule has 0 aliphatic heterocycles. The van der Waals surface area contributed by atoms with Gasteiger partial charge in [0.1, 0.15) is 23.9 Å². The molecule has 0 radical (unpaired) electrons. The summed E-state index contributed by atoms with van der Waals surface area (Å²) >= 11 is 0. The van der Waals surface area contributed by atoms with Crippen molar-refractivity contribution in [1.82, 2.24) is 4.98 Å². The number of carboxylic acids is 1. The monoisotopic (exact) mass is 261 g/mol. The van der Waals surface area contributed by atoms with Crippen LogP contribution >= 0.6 is 0 Å². The third-order valence-electron chi connectivity index (χ3n) is 2.57. The van der Waals surface area contributed by atoms with E-state index in [2.05, 4.69) is 4.98 Å². The fraction of sp³-hybridized carbons (Fsp3) is 0.143. The summed E-state index contributed by atoms with van der Waals surface area (Å²) in [6.45, 7) is 1.95. The number of carboxylic acid groups (broad SMARTS) is 1. The maximum atomic E-state index is 12.9. The predicted molar refractivity (Wildman–Crippen MR) is 66.7 cm³/mol. The van der Waals surface area contributed by atoms with Crippen LogP contribution in [-0.2, 0) is 6.61 Å². The molecule has 0 saturated heterocycles. The van der Waals surface area contributed by atoms with E-state index in [4.69, 9.17) is 9.84 Å². The van der Waals surface area contributed by atoms with E-state index in [0.29, 0.717) is 16.9 Å². The summed E-state index contributed by atoms with van der Waals surface area (Å²) in [5.74, 6) is -0.836. The first kappa shape index (κ1) is 13.0. The number of carbonyl (C=O) groups is 1. The molecular weight excluding hydrogens is 249 g/mol. The summed E-state index contributed by atoms with van der Waals surface area (Å²) in [5.41, 5.74) is 1.35. The van der Waals surface area contributed by atoms with Gasteiger partial charge in [-0.25, -0.2) is 14.2 Å². The first-order chi connectivity index (χ1) is 9.06. The van der Waals surface area contributed by atoms with Gasteiger partial charge in [-0.15, -0.1) is 0 Å². The minimum absolute atomic E-state index is 0.0306. The number of ether oxygens (including phenoxy) is 1. The van der Waals surface area contributed by atoms with Crippen LogP contribution in [0.1, 0.15) is 21.6 Å². The molecule has 0 unspecified atom stereocenters. The zero-order chi connectivity index (χ0) is 13.8. The molecule has 0 aliphatic carbocycles. The lowest BCUT2D eigenvalue weighted by Gasteiger charge is -2.09. The van der Waals surface area contributed by atoms with Crippen molar-refractivity contribution in [2.75, 3.05) is 0 Å². The van der Waals surface area contributed by atoms with Gasteiger partial charge in [-0.2, -0.15) is 0 Å². The first-order valence-electron chi connectivity index (χ1n) is 5.63. The normalized spacial score (nSPS) is 10.2. The van der Waals surface area contributed by atoms with Crippen molar-refractivity contribution in [1.29, 1.82) is 0 Å². The highest BCUT2D eigenvalue weighted by Gasteiger charge is 2.06. The lowest BCUT2D eigenvalue weighted by molar-refractivity contribution is 0.0690. The maximum Gasteiger partial charge on any atom is 0.354 e. The average Bonchev–Trinajstić information content (AvgIpc) is 2.38. The van der Waals surface area contributed by atoms with E-state index in [0.717, 1.165) is 0 Å². The highest BCUT2D eigenvalue weighted by Crippen LogP contribution is 2.19. The molecule has 4 nitrogen and oxygen atoms in total. The fourth-order valence-electron chi connectivity index (χ4n) is 1.62. The van der Waals surface area contributed by atoms with Crippen LogP contribution in [0.15, 0.2) is 36.5 Å². The first-order valence-corrected chi connectivity index (χ1v) is 5.63. The van der Waals surface area contributed by atoms with Gasteiger partial charge in [0.25, 0.3) is 0 Å². The third kappa shape index (κ3) is 3.28. The Bertz CT molecular complexity index is 613. The Balaban J connectivity index is 2.10. The van der Waals surface area contributed by atoms with Gasteiger partial charge in [-0.1, -0.05) is 0 Å².